The second kappa shape index (κ2) is 8.20. The number of thiophene rings is 1. The summed E-state index contributed by atoms with van der Waals surface area (Å²) < 4.78 is 3.81. The first kappa shape index (κ1) is 20.2. The molecule has 2 amide bonds. The van der Waals surface area contributed by atoms with Crippen molar-refractivity contribution in [2.24, 2.45) is 0 Å². The number of carbonyl (C=O) groups excluding carboxylic acids is 2. The van der Waals surface area contributed by atoms with E-state index in [0.29, 0.717) is 5.69 Å². The highest BCUT2D eigenvalue weighted by molar-refractivity contribution is 7.10. The van der Waals surface area contributed by atoms with Gasteiger partial charge in [-0.15, -0.1) is 16.4 Å². The third-order valence-corrected chi connectivity index (χ3v) is 5.56. The molecule has 0 fully saturated rings. The highest BCUT2D eigenvalue weighted by Gasteiger charge is 2.37. The zero-order valence-corrected chi connectivity index (χ0v) is 17.8. The molecule has 2 aromatic heterocycles. The van der Waals surface area contributed by atoms with Gasteiger partial charge in [0.25, 0.3) is 5.91 Å². The molecule has 0 saturated heterocycles. The number of hydrogen-bond acceptors (Lipinski definition) is 6. The fraction of sp³-hybridized carbons (Fsp3) is 0.300. The number of benzene rings is 1. The number of anilines is 1. The van der Waals surface area contributed by atoms with Crippen molar-refractivity contribution < 1.29 is 9.59 Å². The lowest BCUT2D eigenvalue weighted by atomic mass is 10.0. The number of nitrogens with one attached hydrogen (secondary N) is 1. The van der Waals surface area contributed by atoms with E-state index < -0.39 is 11.6 Å². The molecule has 0 unspecified atom stereocenters. The number of aryl methyl sites for hydroxylation is 1. The van der Waals surface area contributed by atoms with Crippen LogP contribution in [0.1, 0.15) is 47.7 Å². The molecule has 1 aromatic carbocycles. The summed E-state index contributed by atoms with van der Waals surface area (Å²) in [5, 5.41) is 10.5. The third kappa shape index (κ3) is 4.45. The normalized spacial score (nSPS) is 12.4. The summed E-state index contributed by atoms with van der Waals surface area (Å²) in [6.45, 7) is 7.70. The first-order valence-corrected chi connectivity index (χ1v) is 10.5. The lowest BCUT2D eigenvalue weighted by Gasteiger charge is -2.33. The lowest BCUT2D eigenvalue weighted by molar-refractivity contribution is -0.123. The van der Waals surface area contributed by atoms with Crippen molar-refractivity contribution in [1.82, 2.24) is 14.9 Å². The Labute approximate surface area is 172 Å². The summed E-state index contributed by atoms with van der Waals surface area (Å²) in [7, 11) is 0. The van der Waals surface area contributed by atoms with Crippen LogP contribution < -0.4 is 10.2 Å². The number of aromatic nitrogens is 2. The van der Waals surface area contributed by atoms with Crippen LogP contribution in [0, 0.1) is 6.92 Å². The van der Waals surface area contributed by atoms with Gasteiger partial charge in [0.15, 0.2) is 11.7 Å². The highest BCUT2D eigenvalue weighted by atomic mass is 32.1. The fourth-order valence-corrected chi connectivity index (χ4v) is 4.25. The van der Waals surface area contributed by atoms with Gasteiger partial charge in [0, 0.05) is 21.5 Å². The maximum Gasteiger partial charge on any atom is 0.280 e. The molecule has 0 saturated carbocycles. The van der Waals surface area contributed by atoms with Crippen molar-refractivity contribution in [1.29, 1.82) is 0 Å². The van der Waals surface area contributed by atoms with Gasteiger partial charge in [-0.3, -0.25) is 14.5 Å². The maximum atomic E-state index is 13.4. The van der Waals surface area contributed by atoms with Crippen LogP contribution in [0.3, 0.4) is 0 Å². The molecule has 0 aliphatic carbocycles. The number of para-hydroxylation sites is 1. The molecule has 28 heavy (non-hydrogen) atoms. The number of nitrogens with zero attached hydrogens (tertiary/aromatic N) is 3. The van der Waals surface area contributed by atoms with Crippen LogP contribution in [0.4, 0.5) is 5.69 Å². The summed E-state index contributed by atoms with van der Waals surface area (Å²) in [5.74, 6) is -0.597. The standard InChI is InChI=1S/C20H22N4O2S2/c1-13-10-11-27-17(13)16(18(25)21-20(2,3)4)24(14-8-6-5-7-9-14)19(26)15-12-28-23-22-15/h5-12,16H,1-4H3,(H,21,25)/t16-/m1/s1. The number of carbonyl (C=O) groups is 2. The molecular formula is C20H22N4O2S2. The number of amides is 2. The first-order chi connectivity index (χ1) is 13.3. The Balaban J connectivity index is 2.15. The summed E-state index contributed by atoms with van der Waals surface area (Å²) in [6.07, 6.45) is 0. The Kier molecular flexibility index (Phi) is 5.90. The highest BCUT2D eigenvalue weighted by Crippen LogP contribution is 2.34. The fourth-order valence-electron chi connectivity index (χ4n) is 2.81. The van der Waals surface area contributed by atoms with Crippen LogP contribution in [-0.4, -0.2) is 26.9 Å². The SMILES string of the molecule is Cc1ccsc1[C@H](C(=O)NC(C)(C)C)N(C(=O)c1csnn1)c1ccccc1. The first-order valence-electron chi connectivity index (χ1n) is 8.79. The molecule has 3 rings (SSSR count). The molecule has 1 N–H and O–H groups in total. The number of rotatable bonds is 5. The largest absolute Gasteiger partial charge is 0.349 e. The zero-order valence-electron chi connectivity index (χ0n) is 16.2. The van der Waals surface area contributed by atoms with E-state index in [1.54, 1.807) is 5.38 Å². The van der Waals surface area contributed by atoms with E-state index in [9.17, 15) is 9.59 Å². The molecule has 0 bridgehead atoms. The van der Waals surface area contributed by atoms with Gasteiger partial charge in [-0.1, -0.05) is 22.7 Å². The Morgan fingerprint density at radius 3 is 2.39 bits per heavy atom. The zero-order chi connectivity index (χ0) is 20.3. The van der Waals surface area contributed by atoms with E-state index >= 15 is 0 Å². The van der Waals surface area contributed by atoms with Crippen LogP contribution in [0.15, 0.2) is 47.2 Å². The Morgan fingerprint density at radius 1 is 1.14 bits per heavy atom. The van der Waals surface area contributed by atoms with Crippen molar-refractivity contribution in [2.75, 3.05) is 4.90 Å². The monoisotopic (exact) mass is 414 g/mol. The third-order valence-electron chi connectivity index (χ3n) is 3.99. The number of hydrogen-bond donors (Lipinski definition) is 1. The van der Waals surface area contributed by atoms with Gasteiger partial charge in [-0.25, -0.2) is 0 Å². The van der Waals surface area contributed by atoms with E-state index in [4.69, 9.17) is 0 Å². The van der Waals surface area contributed by atoms with Gasteiger partial charge in [-0.05, 0) is 68.4 Å². The molecule has 0 spiro atoms. The second-order valence-corrected chi connectivity index (χ2v) is 8.97. The van der Waals surface area contributed by atoms with Crippen LogP contribution in [0.5, 0.6) is 0 Å². The molecule has 8 heteroatoms. The van der Waals surface area contributed by atoms with Gasteiger partial charge in [0.05, 0.1) is 0 Å². The molecule has 0 radical (unpaired) electrons. The quantitative estimate of drug-likeness (QED) is 0.679. The van der Waals surface area contributed by atoms with Crippen LogP contribution in [-0.2, 0) is 4.79 Å². The Morgan fingerprint density at radius 2 is 1.86 bits per heavy atom. The minimum absolute atomic E-state index is 0.219. The van der Waals surface area contributed by atoms with Gasteiger partial charge >= 0.3 is 0 Å². The summed E-state index contributed by atoms with van der Waals surface area (Å²) in [5.41, 5.74) is 1.37. The van der Waals surface area contributed by atoms with Gasteiger partial charge in [0.1, 0.15) is 0 Å². The average Bonchev–Trinajstić information content (AvgIpc) is 3.30. The molecule has 146 valence electrons. The predicted molar refractivity (Wildman–Crippen MR) is 113 cm³/mol. The minimum atomic E-state index is -0.809. The van der Waals surface area contributed by atoms with Gasteiger partial charge < -0.3 is 5.32 Å². The van der Waals surface area contributed by atoms with E-state index in [1.165, 1.54) is 16.2 Å². The molecular weight excluding hydrogens is 392 g/mol. The van der Waals surface area contributed by atoms with Gasteiger partial charge in [-0.2, -0.15) is 0 Å². The second-order valence-electron chi connectivity index (χ2n) is 7.41. The molecule has 6 nitrogen and oxygen atoms in total. The van der Waals surface area contributed by atoms with Crippen LogP contribution >= 0.6 is 22.9 Å². The van der Waals surface area contributed by atoms with Crippen molar-refractivity contribution in [2.45, 2.75) is 39.3 Å². The lowest BCUT2D eigenvalue weighted by Crippen LogP contribution is -2.49. The topological polar surface area (TPSA) is 75.2 Å². The van der Waals surface area contributed by atoms with E-state index in [2.05, 4.69) is 14.9 Å². The van der Waals surface area contributed by atoms with E-state index in [-0.39, 0.29) is 17.5 Å². The Hall–Kier alpha value is -2.58. The van der Waals surface area contributed by atoms with E-state index in [1.807, 2.05) is 69.5 Å². The minimum Gasteiger partial charge on any atom is -0.349 e. The summed E-state index contributed by atoms with van der Waals surface area (Å²) in [4.78, 5) is 29.1. The predicted octanol–water partition coefficient (Wildman–Crippen LogP) is 4.21. The van der Waals surface area contributed by atoms with Crippen molar-refractivity contribution in [3.05, 3.63) is 63.3 Å². The van der Waals surface area contributed by atoms with Crippen molar-refractivity contribution in [3.63, 3.8) is 0 Å². The van der Waals surface area contributed by atoms with Crippen LogP contribution in [0.25, 0.3) is 0 Å². The summed E-state index contributed by atoms with van der Waals surface area (Å²) in [6, 6.07) is 10.3. The average molecular weight is 415 g/mol. The molecule has 0 aliphatic heterocycles. The van der Waals surface area contributed by atoms with Gasteiger partial charge in [0.2, 0.25) is 5.91 Å². The molecule has 3 aromatic rings. The molecule has 2 heterocycles. The van der Waals surface area contributed by atoms with Crippen molar-refractivity contribution in [3.8, 4) is 0 Å². The Bertz CT molecular complexity index is 946. The summed E-state index contributed by atoms with van der Waals surface area (Å²) >= 11 is 2.57. The smallest absolute Gasteiger partial charge is 0.280 e. The molecule has 1 atom stereocenters. The van der Waals surface area contributed by atoms with Crippen molar-refractivity contribution >= 4 is 40.4 Å². The molecule has 0 aliphatic rings. The maximum absolute atomic E-state index is 13.4. The van der Waals surface area contributed by atoms with E-state index in [0.717, 1.165) is 22.0 Å². The van der Waals surface area contributed by atoms with Crippen LogP contribution in [0.2, 0.25) is 0 Å².